The SMILES string of the molecule is CCNC(C)(C)CN(CC)Cc1cccs1. The van der Waals surface area contributed by atoms with Crippen molar-refractivity contribution in [1.29, 1.82) is 0 Å². The fourth-order valence-corrected chi connectivity index (χ4v) is 2.74. The lowest BCUT2D eigenvalue weighted by Gasteiger charge is -2.32. The Hall–Kier alpha value is -0.380. The smallest absolute Gasteiger partial charge is 0.0328 e. The molecule has 1 aromatic rings. The van der Waals surface area contributed by atoms with Crippen LogP contribution in [-0.2, 0) is 6.54 Å². The Labute approximate surface area is 104 Å². The van der Waals surface area contributed by atoms with Gasteiger partial charge in [0.05, 0.1) is 0 Å². The average Bonchev–Trinajstić information content (AvgIpc) is 2.69. The molecule has 0 bridgehead atoms. The number of rotatable bonds is 7. The Morgan fingerprint density at radius 2 is 2.12 bits per heavy atom. The van der Waals surface area contributed by atoms with Gasteiger partial charge in [0.2, 0.25) is 0 Å². The predicted molar refractivity (Wildman–Crippen MR) is 73.0 cm³/mol. The molecule has 3 heteroatoms. The van der Waals surface area contributed by atoms with Gasteiger partial charge < -0.3 is 5.32 Å². The molecule has 0 aliphatic carbocycles. The lowest BCUT2D eigenvalue weighted by Crippen LogP contribution is -2.48. The van der Waals surface area contributed by atoms with E-state index in [9.17, 15) is 0 Å². The van der Waals surface area contributed by atoms with Crippen LogP contribution in [0.1, 0.15) is 32.6 Å². The lowest BCUT2D eigenvalue weighted by atomic mass is 10.0. The van der Waals surface area contributed by atoms with E-state index in [2.05, 4.69) is 55.4 Å². The van der Waals surface area contributed by atoms with Crippen molar-refractivity contribution in [2.45, 2.75) is 39.8 Å². The van der Waals surface area contributed by atoms with Gasteiger partial charge in [0.1, 0.15) is 0 Å². The number of thiophene rings is 1. The molecule has 16 heavy (non-hydrogen) atoms. The van der Waals surface area contributed by atoms with E-state index >= 15 is 0 Å². The summed E-state index contributed by atoms with van der Waals surface area (Å²) >= 11 is 1.84. The van der Waals surface area contributed by atoms with E-state index in [1.54, 1.807) is 0 Å². The summed E-state index contributed by atoms with van der Waals surface area (Å²) in [5.74, 6) is 0. The van der Waals surface area contributed by atoms with Crippen molar-refractivity contribution in [3.05, 3.63) is 22.4 Å². The molecule has 1 N–H and O–H groups in total. The Bertz CT molecular complexity index is 280. The molecule has 0 radical (unpaired) electrons. The second-order valence-corrected chi connectivity index (χ2v) is 5.83. The molecule has 0 atom stereocenters. The molecule has 0 saturated heterocycles. The molecule has 0 aliphatic heterocycles. The highest BCUT2D eigenvalue weighted by molar-refractivity contribution is 7.09. The van der Waals surface area contributed by atoms with Crippen LogP contribution in [0.5, 0.6) is 0 Å². The first-order chi connectivity index (χ1) is 7.57. The van der Waals surface area contributed by atoms with Gasteiger partial charge in [-0.15, -0.1) is 11.3 Å². The van der Waals surface area contributed by atoms with E-state index in [0.717, 1.165) is 26.2 Å². The third-order valence-electron chi connectivity index (χ3n) is 2.68. The van der Waals surface area contributed by atoms with E-state index in [0.29, 0.717) is 0 Å². The largest absolute Gasteiger partial charge is 0.311 e. The zero-order valence-electron chi connectivity index (χ0n) is 10.9. The second kappa shape index (κ2) is 6.38. The van der Waals surface area contributed by atoms with Crippen LogP contribution in [0.25, 0.3) is 0 Å². The summed E-state index contributed by atoms with van der Waals surface area (Å²) in [6.07, 6.45) is 0. The van der Waals surface area contributed by atoms with Crippen molar-refractivity contribution >= 4 is 11.3 Å². The van der Waals surface area contributed by atoms with Crippen molar-refractivity contribution < 1.29 is 0 Å². The Balaban J connectivity index is 2.48. The molecule has 1 aromatic heterocycles. The maximum atomic E-state index is 3.53. The zero-order valence-corrected chi connectivity index (χ0v) is 11.7. The molecule has 1 heterocycles. The molecule has 0 fully saturated rings. The number of likely N-dealkylation sites (N-methyl/N-ethyl adjacent to an activating group) is 2. The van der Waals surface area contributed by atoms with Gasteiger partial charge in [-0.1, -0.05) is 19.9 Å². The fourth-order valence-electron chi connectivity index (χ4n) is 2.00. The second-order valence-electron chi connectivity index (χ2n) is 4.80. The van der Waals surface area contributed by atoms with Gasteiger partial charge in [0.15, 0.2) is 0 Å². The highest BCUT2D eigenvalue weighted by Crippen LogP contribution is 2.14. The molecule has 1 rings (SSSR count). The van der Waals surface area contributed by atoms with Crippen molar-refractivity contribution in [2.24, 2.45) is 0 Å². The molecule has 2 nitrogen and oxygen atoms in total. The summed E-state index contributed by atoms with van der Waals surface area (Å²) in [6, 6.07) is 4.34. The Kier molecular flexibility index (Phi) is 5.46. The molecular formula is C13H24N2S. The maximum absolute atomic E-state index is 3.53. The number of hydrogen-bond acceptors (Lipinski definition) is 3. The van der Waals surface area contributed by atoms with Crippen molar-refractivity contribution in [3.63, 3.8) is 0 Å². The highest BCUT2D eigenvalue weighted by atomic mass is 32.1. The molecule has 92 valence electrons. The highest BCUT2D eigenvalue weighted by Gasteiger charge is 2.19. The van der Waals surface area contributed by atoms with Gasteiger partial charge in [-0.25, -0.2) is 0 Å². The number of nitrogens with zero attached hydrogens (tertiary/aromatic N) is 1. The van der Waals surface area contributed by atoms with Crippen LogP contribution < -0.4 is 5.32 Å². The summed E-state index contributed by atoms with van der Waals surface area (Å²) in [6.45, 7) is 13.2. The van der Waals surface area contributed by atoms with Crippen molar-refractivity contribution in [2.75, 3.05) is 19.6 Å². The first-order valence-corrected chi connectivity index (χ1v) is 6.95. The third-order valence-corrected chi connectivity index (χ3v) is 3.54. The van der Waals surface area contributed by atoms with Crippen LogP contribution in [0.3, 0.4) is 0 Å². The van der Waals surface area contributed by atoms with Crippen LogP contribution >= 0.6 is 11.3 Å². The summed E-state index contributed by atoms with van der Waals surface area (Å²) < 4.78 is 0. The summed E-state index contributed by atoms with van der Waals surface area (Å²) in [7, 11) is 0. The zero-order chi connectivity index (χ0) is 12.0. The van der Waals surface area contributed by atoms with E-state index < -0.39 is 0 Å². The molecule has 0 amide bonds. The molecule has 0 spiro atoms. The van der Waals surface area contributed by atoms with Crippen LogP contribution in [-0.4, -0.2) is 30.1 Å². The quantitative estimate of drug-likeness (QED) is 0.788. The third kappa shape index (κ3) is 4.64. The van der Waals surface area contributed by atoms with E-state index in [-0.39, 0.29) is 5.54 Å². The molecular weight excluding hydrogens is 216 g/mol. The van der Waals surface area contributed by atoms with Gasteiger partial charge in [-0.3, -0.25) is 4.90 Å². The minimum Gasteiger partial charge on any atom is -0.311 e. The van der Waals surface area contributed by atoms with Gasteiger partial charge in [-0.05, 0) is 38.4 Å². The average molecular weight is 240 g/mol. The van der Waals surface area contributed by atoms with Gasteiger partial charge >= 0.3 is 0 Å². The van der Waals surface area contributed by atoms with Gasteiger partial charge in [0, 0.05) is 23.5 Å². The summed E-state index contributed by atoms with van der Waals surface area (Å²) in [5.41, 5.74) is 0.196. The lowest BCUT2D eigenvalue weighted by molar-refractivity contribution is 0.205. The van der Waals surface area contributed by atoms with Crippen LogP contribution in [0.15, 0.2) is 17.5 Å². The minimum atomic E-state index is 0.196. The van der Waals surface area contributed by atoms with Gasteiger partial charge in [-0.2, -0.15) is 0 Å². The standard InChI is InChI=1S/C13H24N2S/c1-5-14-13(3,4)11-15(6-2)10-12-8-7-9-16-12/h7-9,14H,5-6,10-11H2,1-4H3. The van der Waals surface area contributed by atoms with E-state index in [1.165, 1.54) is 4.88 Å². The molecule has 0 unspecified atom stereocenters. The first-order valence-electron chi connectivity index (χ1n) is 6.07. The molecule has 0 aliphatic rings. The Morgan fingerprint density at radius 3 is 2.62 bits per heavy atom. The van der Waals surface area contributed by atoms with Gasteiger partial charge in [0.25, 0.3) is 0 Å². The molecule has 0 aromatic carbocycles. The van der Waals surface area contributed by atoms with Crippen LogP contribution in [0.4, 0.5) is 0 Å². The monoisotopic (exact) mass is 240 g/mol. The maximum Gasteiger partial charge on any atom is 0.0328 e. The number of nitrogens with one attached hydrogen (secondary N) is 1. The molecule has 0 saturated carbocycles. The first kappa shape index (κ1) is 13.7. The fraction of sp³-hybridized carbons (Fsp3) is 0.692. The number of hydrogen-bond donors (Lipinski definition) is 1. The normalized spacial score (nSPS) is 12.3. The van der Waals surface area contributed by atoms with E-state index in [1.807, 2.05) is 11.3 Å². The minimum absolute atomic E-state index is 0.196. The summed E-state index contributed by atoms with van der Waals surface area (Å²) in [5, 5.41) is 5.68. The summed E-state index contributed by atoms with van der Waals surface area (Å²) in [4.78, 5) is 3.95. The van der Waals surface area contributed by atoms with E-state index in [4.69, 9.17) is 0 Å². The van der Waals surface area contributed by atoms with Crippen molar-refractivity contribution in [1.82, 2.24) is 10.2 Å². The topological polar surface area (TPSA) is 15.3 Å². The van der Waals surface area contributed by atoms with Crippen molar-refractivity contribution in [3.8, 4) is 0 Å². The Morgan fingerprint density at radius 1 is 1.38 bits per heavy atom. The van der Waals surface area contributed by atoms with Crippen LogP contribution in [0, 0.1) is 0 Å². The van der Waals surface area contributed by atoms with Crippen LogP contribution in [0.2, 0.25) is 0 Å². The predicted octanol–water partition coefficient (Wildman–Crippen LogP) is 2.96.